The maximum atomic E-state index is 13.7. The molecule has 1 aromatic heterocycles. The van der Waals surface area contributed by atoms with E-state index >= 15 is 0 Å². The van der Waals surface area contributed by atoms with E-state index in [1.807, 2.05) is 6.92 Å². The normalized spacial score (nSPS) is 15.4. The van der Waals surface area contributed by atoms with Gasteiger partial charge in [0.2, 0.25) is 0 Å². The Morgan fingerprint density at radius 2 is 1.97 bits per heavy atom. The second-order valence-corrected chi connectivity index (χ2v) is 9.55. The largest absolute Gasteiger partial charge is 0.507 e. The summed E-state index contributed by atoms with van der Waals surface area (Å²) in [4.78, 5) is 42.3. The Balaban J connectivity index is 1.93. The summed E-state index contributed by atoms with van der Waals surface area (Å²) in [5, 5.41) is 21.4. The highest BCUT2D eigenvalue weighted by Gasteiger charge is 2.33. The van der Waals surface area contributed by atoms with Gasteiger partial charge < -0.3 is 14.6 Å². The van der Waals surface area contributed by atoms with Crippen LogP contribution in [0.25, 0.3) is 6.08 Å². The molecular weight excluding hydrogens is 498 g/mol. The predicted octanol–water partition coefficient (Wildman–Crippen LogP) is 3.20. The van der Waals surface area contributed by atoms with Crippen LogP contribution in [0.5, 0.6) is 11.5 Å². The molecule has 1 aliphatic heterocycles. The molecule has 0 saturated heterocycles. The van der Waals surface area contributed by atoms with Crippen LogP contribution in [0, 0.1) is 10.1 Å². The number of ether oxygens (including phenoxy) is 2. The summed E-state index contributed by atoms with van der Waals surface area (Å²) < 4.78 is 12.6. The molecule has 0 saturated carbocycles. The number of allylic oxidation sites excluding steroid dienone is 1. The van der Waals surface area contributed by atoms with Crippen LogP contribution in [0.4, 0.5) is 5.69 Å². The molecule has 3 aromatic rings. The summed E-state index contributed by atoms with van der Waals surface area (Å²) in [5.74, 6) is -0.149. The molecule has 1 atom stereocenters. The van der Waals surface area contributed by atoms with Crippen molar-refractivity contribution in [3.63, 3.8) is 0 Å². The van der Waals surface area contributed by atoms with Crippen molar-refractivity contribution in [3.8, 4) is 11.5 Å². The molecule has 11 heteroatoms. The van der Waals surface area contributed by atoms with Crippen molar-refractivity contribution in [2.24, 2.45) is 4.99 Å². The highest BCUT2D eigenvalue weighted by molar-refractivity contribution is 7.07. The van der Waals surface area contributed by atoms with Gasteiger partial charge in [0.05, 0.1) is 39.5 Å². The number of nitrogens with zero attached hydrogens (tertiary/aromatic N) is 3. The van der Waals surface area contributed by atoms with Crippen LogP contribution < -0.4 is 19.6 Å². The van der Waals surface area contributed by atoms with Gasteiger partial charge in [0.15, 0.2) is 4.80 Å². The molecular formula is C26H25N3O7S. The summed E-state index contributed by atoms with van der Waals surface area (Å²) in [6, 6.07) is 9.83. The van der Waals surface area contributed by atoms with E-state index in [9.17, 15) is 24.8 Å². The summed E-state index contributed by atoms with van der Waals surface area (Å²) in [6.07, 6.45) is 1.00. The number of phenolic OH excluding ortho intramolecular Hbond substituents is 1. The number of fused-ring (bicyclic) bond motifs is 1. The number of phenols is 1. The molecule has 10 nitrogen and oxygen atoms in total. The van der Waals surface area contributed by atoms with Gasteiger partial charge in [-0.05, 0) is 57.5 Å². The minimum absolute atomic E-state index is 0.118. The fourth-order valence-corrected chi connectivity index (χ4v) is 5.04. The number of hydrogen-bond donors (Lipinski definition) is 1. The monoisotopic (exact) mass is 523 g/mol. The number of non-ortho nitro benzene ring substituents is 1. The van der Waals surface area contributed by atoms with Gasteiger partial charge in [-0.25, -0.2) is 9.79 Å². The van der Waals surface area contributed by atoms with Gasteiger partial charge in [0, 0.05) is 17.7 Å². The Morgan fingerprint density at radius 1 is 1.27 bits per heavy atom. The van der Waals surface area contributed by atoms with E-state index in [-0.39, 0.29) is 33.2 Å². The molecule has 2 aromatic carbocycles. The van der Waals surface area contributed by atoms with E-state index in [4.69, 9.17) is 9.47 Å². The van der Waals surface area contributed by atoms with Crippen LogP contribution in [-0.4, -0.2) is 33.3 Å². The summed E-state index contributed by atoms with van der Waals surface area (Å²) in [6.45, 7) is 7.52. The minimum atomic E-state index is -0.820. The van der Waals surface area contributed by atoms with Crippen molar-refractivity contribution in [1.82, 2.24) is 4.57 Å². The summed E-state index contributed by atoms with van der Waals surface area (Å²) >= 11 is 1.06. The Bertz CT molecular complexity index is 1580. The van der Waals surface area contributed by atoms with Crippen molar-refractivity contribution in [2.75, 3.05) is 6.61 Å². The molecule has 37 heavy (non-hydrogen) atoms. The van der Waals surface area contributed by atoms with Gasteiger partial charge in [-0.1, -0.05) is 23.5 Å². The van der Waals surface area contributed by atoms with Crippen LogP contribution in [0.15, 0.2) is 63.5 Å². The van der Waals surface area contributed by atoms with E-state index in [2.05, 4.69) is 4.99 Å². The lowest BCUT2D eigenvalue weighted by molar-refractivity contribution is -0.384. The van der Waals surface area contributed by atoms with Gasteiger partial charge in [-0.3, -0.25) is 19.5 Å². The SMILES string of the molecule is CCOc1ccc([C@@H]2C(C(=O)OC(C)C)=C(C)N=c3s/c(=C/c4cc([N+](=O)[O-])ccc4O)c(=O)n32)cc1. The number of hydrogen-bond acceptors (Lipinski definition) is 9. The molecule has 0 unspecified atom stereocenters. The van der Waals surface area contributed by atoms with Crippen molar-refractivity contribution in [2.45, 2.75) is 39.8 Å². The lowest BCUT2D eigenvalue weighted by Gasteiger charge is -2.25. The maximum Gasteiger partial charge on any atom is 0.338 e. The molecule has 0 spiro atoms. The highest BCUT2D eigenvalue weighted by atomic mass is 32.1. The zero-order chi connectivity index (χ0) is 26.9. The second kappa shape index (κ2) is 10.4. The van der Waals surface area contributed by atoms with E-state index in [0.29, 0.717) is 28.4 Å². The average Bonchev–Trinajstić information content (AvgIpc) is 3.14. The van der Waals surface area contributed by atoms with Crippen LogP contribution >= 0.6 is 11.3 Å². The molecule has 0 bridgehead atoms. The van der Waals surface area contributed by atoms with Crippen LogP contribution in [0.2, 0.25) is 0 Å². The first-order valence-corrected chi connectivity index (χ1v) is 12.4. The Kier molecular flexibility index (Phi) is 7.25. The molecule has 0 fully saturated rings. The van der Waals surface area contributed by atoms with Crippen molar-refractivity contribution in [3.05, 3.63) is 94.7 Å². The molecule has 0 amide bonds. The number of rotatable bonds is 7. The van der Waals surface area contributed by atoms with Crippen molar-refractivity contribution >= 4 is 29.1 Å². The number of aromatic nitrogens is 1. The average molecular weight is 524 g/mol. The number of benzene rings is 2. The zero-order valence-corrected chi connectivity index (χ0v) is 21.4. The minimum Gasteiger partial charge on any atom is -0.507 e. The lowest BCUT2D eigenvalue weighted by atomic mass is 9.96. The van der Waals surface area contributed by atoms with Crippen LogP contribution in [0.3, 0.4) is 0 Å². The van der Waals surface area contributed by atoms with Gasteiger partial charge >= 0.3 is 5.97 Å². The first kappa shape index (κ1) is 25.8. The van der Waals surface area contributed by atoms with Gasteiger partial charge in [0.25, 0.3) is 11.2 Å². The third-order valence-corrected chi connectivity index (χ3v) is 6.58. The first-order chi connectivity index (χ1) is 17.6. The number of esters is 1. The molecule has 2 heterocycles. The van der Waals surface area contributed by atoms with E-state index < -0.39 is 22.5 Å². The fourth-order valence-electron chi connectivity index (χ4n) is 4.00. The van der Waals surface area contributed by atoms with Gasteiger partial charge in [-0.15, -0.1) is 0 Å². The quantitative estimate of drug-likeness (QED) is 0.286. The number of nitro groups is 1. The Labute approximate surface area is 215 Å². The number of carbonyl (C=O) groups is 1. The molecule has 1 N–H and O–H groups in total. The van der Waals surface area contributed by atoms with Crippen LogP contribution in [0.1, 0.15) is 44.9 Å². The smallest absolute Gasteiger partial charge is 0.338 e. The third kappa shape index (κ3) is 5.17. The number of aromatic hydroxyl groups is 1. The first-order valence-electron chi connectivity index (χ1n) is 11.5. The van der Waals surface area contributed by atoms with Crippen LogP contribution in [-0.2, 0) is 9.53 Å². The zero-order valence-electron chi connectivity index (χ0n) is 20.6. The predicted molar refractivity (Wildman–Crippen MR) is 137 cm³/mol. The molecule has 0 radical (unpaired) electrons. The Morgan fingerprint density at radius 3 is 2.59 bits per heavy atom. The van der Waals surface area contributed by atoms with E-state index in [1.165, 1.54) is 28.8 Å². The van der Waals surface area contributed by atoms with Gasteiger partial charge in [0.1, 0.15) is 11.5 Å². The summed E-state index contributed by atoms with van der Waals surface area (Å²) in [5.41, 5.74) is 0.728. The molecule has 4 rings (SSSR count). The summed E-state index contributed by atoms with van der Waals surface area (Å²) in [7, 11) is 0. The number of thiazole rings is 1. The van der Waals surface area contributed by atoms with E-state index in [0.717, 1.165) is 11.3 Å². The number of carbonyl (C=O) groups excluding carboxylic acids is 1. The standard InChI is InChI=1S/C26H25N3O7S/c1-5-35-19-9-6-16(7-10-19)23-22(25(32)36-14(2)3)15(4)27-26-28(23)24(31)21(37-26)13-17-12-18(29(33)34)8-11-20(17)30/h6-14,23,30H,5H2,1-4H3/b21-13+/t23-/m1/s1. The number of nitro benzene ring substituents is 1. The molecule has 192 valence electrons. The lowest BCUT2D eigenvalue weighted by Crippen LogP contribution is -2.40. The third-order valence-electron chi connectivity index (χ3n) is 5.60. The highest BCUT2D eigenvalue weighted by Crippen LogP contribution is 2.32. The molecule has 1 aliphatic rings. The fraction of sp³-hybridized carbons (Fsp3) is 0.269. The maximum absolute atomic E-state index is 13.7. The van der Waals surface area contributed by atoms with E-state index in [1.54, 1.807) is 45.0 Å². The Hall–Kier alpha value is -4.25. The second-order valence-electron chi connectivity index (χ2n) is 8.54. The van der Waals surface area contributed by atoms with Crippen molar-refractivity contribution < 1.29 is 24.3 Å². The molecule has 0 aliphatic carbocycles. The topological polar surface area (TPSA) is 133 Å². The van der Waals surface area contributed by atoms with Crippen molar-refractivity contribution in [1.29, 1.82) is 0 Å². The van der Waals surface area contributed by atoms with Gasteiger partial charge in [-0.2, -0.15) is 0 Å².